The van der Waals surface area contributed by atoms with E-state index in [0.29, 0.717) is 19.4 Å². The maximum Gasteiger partial charge on any atom is 0.0940 e. The third kappa shape index (κ3) is 3.23. The second-order valence-corrected chi connectivity index (χ2v) is 4.94. The van der Waals surface area contributed by atoms with E-state index < -0.39 is 6.10 Å². The molecule has 1 rings (SSSR count). The molecule has 0 radical (unpaired) electrons. The Morgan fingerprint density at radius 1 is 1.50 bits per heavy atom. The minimum atomic E-state index is -0.406. The number of aliphatic hydroxyl groups is 1. The average molecular weight is 224 g/mol. The van der Waals surface area contributed by atoms with E-state index in [1.54, 1.807) is 0 Å². The molecule has 1 fully saturated rings. The highest BCUT2D eigenvalue weighted by Gasteiger charge is 2.40. The van der Waals surface area contributed by atoms with Gasteiger partial charge in [0, 0.05) is 13.0 Å². The van der Waals surface area contributed by atoms with E-state index in [1.807, 2.05) is 6.92 Å². The second-order valence-electron chi connectivity index (χ2n) is 4.94. The molecular formula is C14H24O2. The molecule has 0 saturated heterocycles. The van der Waals surface area contributed by atoms with E-state index in [-0.39, 0.29) is 5.60 Å². The Hall–Kier alpha value is -0.520. The van der Waals surface area contributed by atoms with Crippen molar-refractivity contribution in [1.82, 2.24) is 0 Å². The quantitative estimate of drug-likeness (QED) is 0.728. The van der Waals surface area contributed by atoms with E-state index in [2.05, 4.69) is 12.8 Å². The van der Waals surface area contributed by atoms with Crippen molar-refractivity contribution in [2.75, 3.05) is 6.61 Å². The zero-order valence-corrected chi connectivity index (χ0v) is 10.5. The van der Waals surface area contributed by atoms with Gasteiger partial charge in [-0.2, -0.15) is 0 Å². The maximum atomic E-state index is 10.3. The van der Waals surface area contributed by atoms with Crippen LogP contribution in [0.1, 0.15) is 52.4 Å². The largest absolute Gasteiger partial charge is 0.390 e. The van der Waals surface area contributed by atoms with Gasteiger partial charge in [-0.3, -0.25) is 0 Å². The van der Waals surface area contributed by atoms with Gasteiger partial charge in [0.25, 0.3) is 0 Å². The summed E-state index contributed by atoms with van der Waals surface area (Å²) in [6.45, 7) is 4.93. The standard InChI is InChI=1S/C14H24O2/c1-4-6-7-13(15)14(16-5-2)10-8-12(3)9-11-14/h1,12-13,15H,5-11H2,2-3H3. The van der Waals surface area contributed by atoms with Crippen LogP contribution in [0.4, 0.5) is 0 Å². The molecule has 1 N–H and O–H groups in total. The summed E-state index contributed by atoms with van der Waals surface area (Å²) >= 11 is 0. The number of aliphatic hydroxyl groups excluding tert-OH is 1. The third-order valence-electron chi connectivity index (χ3n) is 3.72. The summed E-state index contributed by atoms with van der Waals surface area (Å²) in [5.41, 5.74) is -0.321. The van der Waals surface area contributed by atoms with Crippen molar-refractivity contribution in [3.63, 3.8) is 0 Å². The van der Waals surface area contributed by atoms with Gasteiger partial charge >= 0.3 is 0 Å². The number of ether oxygens (including phenoxy) is 1. The first-order chi connectivity index (χ1) is 7.64. The number of hydrogen-bond donors (Lipinski definition) is 1. The minimum Gasteiger partial charge on any atom is -0.390 e. The van der Waals surface area contributed by atoms with Gasteiger partial charge in [-0.05, 0) is 44.9 Å². The molecule has 0 aromatic rings. The SMILES string of the molecule is C#CCCC(O)C1(OCC)CCC(C)CC1. The smallest absolute Gasteiger partial charge is 0.0940 e. The Morgan fingerprint density at radius 2 is 2.12 bits per heavy atom. The molecular weight excluding hydrogens is 200 g/mol. The summed E-state index contributed by atoms with van der Waals surface area (Å²) in [5, 5.41) is 10.3. The molecule has 16 heavy (non-hydrogen) atoms. The van der Waals surface area contributed by atoms with Gasteiger partial charge in [0.2, 0.25) is 0 Å². The van der Waals surface area contributed by atoms with Crippen LogP contribution in [0.5, 0.6) is 0 Å². The number of terminal acetylenes is 1. The fraction of sp³-hybridized carbons (Fsp3) is 0.857. The molecule has 0 spiro atoms. The van der Waals surface area contributed by atoms with Crippen LogP contribution in [0.2, 0.25) is 0 Å². The van der Waals surface area contributed by atoms with E-state index >= 15 is 0 Å². The molecule has 0 aromatic heterocycles. The van der Waals surface area contributed by atoms with Crippen LogP contribution < -0.4 is 0 Å². The van der Waals surface area contributed by atoms with Crippen molar-refractivity contribution >= 4 is 0 Å². The molecule has 1 atom stereocenters. The van der Waals surface area contributed by atoms with Crippen LogP contribution in [0.15, 0.2) is 0 Å². The van der Waals surface area contributed by atoms with Crippen molar-refractivity contribution in [1.29, 1.82) is 0 Å². The lowest BCUT2D eigenvalue weighted by atomic mass is 9.75. The van der Waals surface area contributed by atoms with Crippen LogP contribution in [0, 0.1) is 18.3 Å². The van der Waals surface area contributed by atoms with Gasteiger partial charge in [-0.25, -0.2) is 0 Å². The van der Waals surface area contributed by atoms with Crippen LogP contribution in [0.25, 0.3) is 0 Å². The van der Waals surface area contributed by atoms with E-state index in [9.17, 15) is 5.11 Å². The summed E-state index contributed by atoms with van der Waals surface area (Å²) in [6.07, 6.45) is 10.3. The lowest BCUT2D eigenvalue weighted by molar-refractivity contribution is -0.145. The van der Waals surface area contributed by atoms with Gasteiger partial charge in [0.05, 0.1) is 11.7 Å². The lowest BCUT2D eigenvalue weighted by Crippen LogP contribution is -2.47. The molecule has 0 amide bonds. The van der Waals surface area contributed by atoms with Crippen LogP contribution in [-0.4, -0.2) is 23.4 Å². The predicted octanol–water partition coefficient (Wildman–Crippen LogP) is 2.75. The highest BCUT2D eigenvalue weighted by Crippen LogP contribution is 2.38. The summed E-state index contributed by atoms with van der Waals surface area (Å²) in [7, 11) is 0. The predicted molar refractivity (Wildman–Crippen MR) is 66.1 cm³/mol. The summed E-state index contributed by atoms with van der Waals surface area (Å²) < 4.78 is 5.86. The van der Waals surface area contributed by atoms with Crippen LogP contribution in [-0.2, 0) is 4.74 Å². The topological polar surface area (TPSA) is 29.5 Å². The first kappa shape index (κ1) is 13.5. The molecule has 0 heterocycles. The zero-order chi connectivity index (χ0) is 12.0. The first-order valence-corrected chi connectivity index (χ1v) is 6.40. The van der Waals surface area contributed by atoms with Crippen molar-refractivity contribution in [3.8, 4) is 12.3 Å². The summed E-state index contributed by atoms with van der Waals surface area (Å²) in [4.78, 5) is 0. The van der Waals surface area contributed by atoms with Crippen LogP contribution >= 0.6 is 0 Å². The van der Waals surface area contributed by atoms with Crippen LogP contribution in [0.3, 0.4) is 0 Å². The van der Waals surface area contributed by atoms with Gasteiger partial charge in [-0.1, -0.05) is 6.92 Å². The highest BCUT2D eigenvalue weighted by molar-refractivity contribution is 4.95. The Kier molecular flexibility index (Phi) is 5.31. The molecule has 92 valence electrons. The van der Waals surface area contributed by atoms with Crippen molar-refractivity contribution in [2.45, 2.75) is 64.1 Å². The Bertz CT molecular complexity index is 234. The monoisotopic (exact) mass is 224 g/mol. The fourth-order valence-electron chi connectivity index (χ4n) is 2.60. The van der Waals surface area contributed by atoms with Gasteiger partial charge in [0.1, 0.15) is 0 Å². The zero-order valence-electron chi connectivity index (χ0n) is 10.5. The normalized spacial score (nSPS) is 32.0. The molecule has 0 aliphatic heterocycles. The molecule has 0 bridgehead atoms. The van der Waals surface area contributed by atoms with Gasteiger partial charge < -0.3 is 9.84 Å². The highest BCUT2D eigenvalue weighted by atomic mass is 16.5. The minimum absolute atomic E-state index is 0.321. The van der Waals surface area contributed by atoms with E-state index in [1.165, 1.54) is 0 Å². The molecule has 1 unspecified atom stereocenters. The molecule has 2 heteroatoms. The average Bonchev–Trinajstić information content (AvgIpc) is 2.29. The Morgan fingerprint density at radius 3 is 2.62 bits per heavy atom. The molecule has 1 aliphatic carbocycles. The third-order valence-corrected chi connectivity index (χ3v) is 3.72. The summed E-state index contributed by atoms with van der Waals surface area (Å²) in [6, 6.07) is 0. The Balaban J connectivity index is 2.61. The number of rotatable bonds is 5. The van der Waals surface area contributed by atoms with E-state index in [4.69, 9.17) is 11.2 Å². The maximum absolute atomic E-state index is 10.3. The second kappa shape index (κ2) is 6.27. The Labute approximate surface area is 99.4 Å². The number of hydrogen-bond acceptors (Lipinski definition) is 2. The van der Waals surface area contributed by atoms with Crippen molar-refractivity contribution < 1.29 is 9.84 Å². The first-order valence-electron chi connectivity index (χ1n) is 6.40. The van der Waals surface area contributed by atoms with Crippen molar-refractivity contribution in [3.05, 3.63) is 0 Å². The summed E-state index contributed by atoms with van der Waals surface area (Å²) in [5.74, 6) is 3.35. The van der Waals surface area contributed by atoms with Gasteiger partial charge in [-0.15, -0.1) is 12.3 Å². The molecule has 1 aliphatic rings. The molecule has 2 nitrogen and oxygen atoms in total. The molecule has 1 saturated carbocycles. The fourth-order valence-corrected chi connectivity index (χ4v) is 2.60. The lowest BCUT2D eigenvalue weighted by Gasteiger charge is -2.42. The van der Waals surface area contributed by atoms with Gasteiger partial charge in [0.15, 0.2) is 0 Å². The van der Waals surface area contributed by atoms with Crippen molar-refractivity contribution in [2.24, 2.45) is 5.92 Å². The van der Waals surface area contributed by atoms with E-state index in [0.717, 1.165) is 31.6 Å². The molecule has 0 aromatic carbocycles.